The Bertz CT molecular complexity index is 1220. The lowest BCUT2D eigenvalue weighted by Crippen LogP contribution is -2.49. The summed E-state index contributed by atoms with van der Waals surface area (Å²) in [4.78, 5) is 41.2. The summed E-state index contributed by atoms with van der Waals surface area (Å²) in [7, 11) is 0. The number of rotatable bonds is 5. The summed E-state index contributed by atoms with van der Waals surface area (Å²) in [6, 6.07) is 11.6. The molecule has 9 heteroatoms. The SMILES string of the molecule is Cc1ccc(C)c(N2CCN(Cc3cc(=O)[nH]c(N4CCN(C(=O)c5ccco5)CC4)n3)CC2)c1. The highest BCUT2D eigenvalue weighted by Gasteiger charge is 2.25. The van der Waals surface area contributed by atoms with Crippen molar-refractivity contribution in [3.8, 4) is 0 Å². The normalized spacial score (nSPS) is 17.1. The zero-order valence-corrected chi connectivity index (χ0v) is 20.4. The molecule has 4 heterocycles. The van der Waals surface area contributed by atoms with Crippen LogP contribution >= 0.6 is 0 Å². The van der Waals surface area contributed by atoms with Gasteiger partial charge >= 0.3 is 0 Å². The van der Waals surface area contributed by atoms with Crippen molar-refractivity contribution in [2.45, 2.75) is 20.4 Å². The Morgan fingerprint density at radius 3 is 2.43 bits per heavy atom. The van der Waals surface area contributed by atoms with E-state index in [0.717, 1.165) is 31.9 Å². The van der Waals surface area contributed by atoms with Crippen LogP contribution < -0.4 is 15.4 Å². The maximum absolute atomic E-state index is 12.5. The molecule has 0 bridgehead atoms. The average molecular weight is 477 g/mol. The predicted octanol–water partition coefficient (Wildman–Crippen LogP) is 2.26. The number of hydrogen-bond donors (Lipinski definition) is 1. The molecule has 184 valence electrons. The first-order chi connectivity index (χ1) is 17.0. The van der Waals surface area contributed by atoms with E-state index < -0.39 is 0 Å². The molecule has 2 aliphatic rings. The number of H-pyrrole nitrogens is 1. The molecule has 0 spiro atoms. The zero-order valence-electron chi connectivity index (χ0n) is 20.4. The molecule has 0 saturated carbocycles. The fourth-order valence-electron chi connectivity index (χ4n) is 4.84. The highest BCUT2D eigenvalue weighted by Crippen LogP contribution is 2.23. The Balaban J connectivity index is 1.18. The van der Waals surface area contributed by atoms with Crippen LogP contribution in [-0.4, -0.2) is 78.0 Å². The van der Waals surface area contributed by atoms with Gasteiger partial charge in [-0.25, -0.2) is 4.98 Å². The Hall–Kier alpha value is -3.59. The molecule has 0 unspecified atom stereocenters. The van der Waals surface area contributed by atoms with E-state index in [0.29, 0.717) is 44.4 Å². The van der Waals surface area contributed by atoms with Gasteiger partial charge < -0.3 is 19.1 Å². The zero-order chi connectivity index (χ0) is 24.4. The quantitative estimate of drug-likeness (QED) is 0.604. The number of benzene rings is 1. The third-order valence-corrected chi connectivity index (χ3v) is 6.84. The number of aromatic nitrogens is 2. The maximum atomic E-state index is 12.5. The van der Waals surface area contributed by atoms with Crippen LogP contribution in [0.15, 0.2) is 51.9 Å². The first kappa shape index (κ1) is 23.2. The lowest BCUT2D eigenvalue weighted by Gasteiger charge is -2.37. The third-order valence-electron chi connectivity index (χ3n) is 6.84. The second kappa shape index (κ2) is 9.95. The maximum Gasteiger partial charge on any atom is 0.289 e. The van der Waals surface area contributed by atoms with Gasteiger partial charge in [0.25, 0.3) is 11.5 Å². The van der Waals surface area contributed by atoms with Crippen molar-refractivity contribution in [1.29, 1.82) is 0 Å². The smallest absolute Gasteiger partial charge is 0.289 e. The highest BCUT2D eigenvalue weighted by atomic mass is 16.3. The summed E-state index contributed by atoms with van der Waals surface area (Å²) in [6.07, 6.45) is 1.51. The van der Waals surface area contributed by atoms with Crippen LogP contribution in [0.3, 0.4) is 0 Å². The van der Waals surface area contributed by atoms with E-state index in [1.807, 2.05) is 4.90 Å². The van der Waals surface area contributed by atoms with E-state index in [4.69, 9.17) is 9.40 Å². The van der Waals surface area contributed by atoms with Crippen LogP contribution in [0.25, 0.3) is 0 Å². The summed E-state index contributed by atoms with van der Waals surface area (Å²) >= 11 is 0. The molecule has 0 radical (unpaired) electrons. The molecule has 0 aliphatic carbocycles. The molecule has 1 amide bonds. The van der Waals surface area contributed by atoms with Gasteiger partial charge in [-0.05, 0) is 43.2 Å². The van der Waals surface area contributed by atoms with Crippen molar-refractivity contribution in [1.82, 2.24) is 19.8 Å². The van der Waals surface area contributed by atoms with Crippen molar-refractivity contribution in [2.75, 3.05) is 62.2 Å². The summed E-state index contributed by atoms with van der Waals surface area (Å²) in [6.45, 7) is 11.0. The molecule has 3 aromatic rings. The molecule has 0 atom stereocenters. The van der Waals surface area contributed by atoms with Gasteiger partial charge in [0.05, 0.1) is 12.0 Å². The molecular formula is C26H32N6O3. The second-order valence-electron chi connectivity index (χ2n) is 9.37. The number of carbonyl (C=O) groups is 1. The number of furan rings is 1. The summed E-state index contributed by atoms with van der Waals surface area (Å²) in [5.41, 5.74) is 4.52. The largest absolute Gasteiger partial charge is 0.459 e. The molecule has 9 nitrogen and oxygen atoms in total. The van der Waals surface area contributed by atoms with Crippen LogP contribution in [-0.2, 0) is 6.54 Å². The molecule has 1 N–H and O–H groups in total. The van der Waals surface area contributed by atoms with E-state index in [1.165, 1.54) is 23.1 Å². The number of amides is 1. The molecule has 1 aromatic carbocycles. The highest BCUT2D eigenvalue weighted by molar-refractivity contribution is 5.91. The van der Waals surface area contributed by atoms with E-state index >= 15 is 0 Å². The molecule has 35 heavy (non-hydrogen) atoms. The van der Waals surface area contributed by atoms with E-state index in [9.17, 15) is 9.59 Å². The topological polar surface area (TPSA) is 88.9 Å². The van der Waals surface area contributed by atoms with Crippen molar-refractivity contribution in [3.63, 3.8) is 0 Å². The van der Waals surface area contributed by atoms with Gasteiger partial charge in [0, 0.05) is 70.7 Å². The minimum atomic E-state index is -0.145. The second-order valence-corrected chi connectivity index (χ2v) is 9.37. The summed E-state index contributed by atoms with van der Waals surface area (Å²) < 4.78 is 5.23. The summed E-state index contributed by atoms with van der Waals surface area (Å²) in [5.74, 6) is 0.820. The van der Waals surface area contributed by atoms with Crippen molar-refractivity contribution in [2.24, 2.45) is 0 Å². The number of nitrogens with zero attached hydrogens (tertiary/aromatic N) is 5. The van der Waals surface area contributed by atoms with E-state index in [-0.39, 0.29) is 11.5 Å². The van der Waals surface area contributed by atoms with Gasteiger partial charge in [0.2, 0.25) is 5.95 Å². The Morgan fingerprint density at radius 2 is 1.71 bits per heavy atom. The number of nitrogens with one attached hydrogen (secondary N) is 1. The molecule has 2 aromatic heterocycles. The lowest BCUT2D eigenvalue weighted by atomic mass is 10.1. The molecule has 2 fully saturated rings. The number of aryl methyl sites for hydroxylation is 2. The monoisotopic (exact) mass is 476 g/mol. The van der Waals surface area contributed by atoms with Gasteiger partial charge in [-0.2, -0.15) is 0 Å². The Kier molecular flexibility index (Phi) is 6.59. The van der Waals surface area contributed by atoms with Crippen molar-refractivity contribution >= 4 is 17.5 Å². The standard InChI is InChI=1S/C26H32N6O3/c1-19-5-6-20(2)22(16-19)30-9-7-29(8-10-30)18-21-17-24(33)28-26(27-21)32-13-11-31(12-14-32)25(34)23-4-3-15-35-23/h3-6,15-17H,7-14,18H2,1-2H3,(H,27,28,33). The minimum Gasteiger partial charge on any atom is -0.459 e. The van der Waals surface area contributed by atoms with E-state index in [1.54, 1.807) is 23.1 Å². The van der Waals surface area contributed by atoms with Gasteiger partial charge in [-0.1, -0.05) is 12.1 Å². The lowest BCUT2D eigenvalue weighted by molar-refractivity contribution is 0.0714. The number of hydrogen-bond acceptors (Lipinski definition) is 7. The molecule has 2 saturated heterocycles. The average Bonchev–Trinajstić information content (AvgIpc) is 3.40. The van der Waals surface area contributed by atoms with Crippen molar-refractivity contribution < 1.29 is 9.21 Å². The van der Waals surface area contributed by atoms with Crippen LogP contribution in [0.1, 0.15) is 27.4 Å². The van der Waals surface area contributed by atoms with Gasteiger partial charge in [0.15, 0.2) is 5.76 Å². The molecule has 5 rings (SSSR count). The number of aromatic amines is 1. The van der Waals surface area contributed by atoms with E-state index in [2.05, 4.69) is 46.8 Å². The molecular weight excluding hydrogens is 444 g/mol. The van der Waals surface area contributed by atoms with Crippen LogP contribution in [0.4, 0.5) is 11.6 Å². The first-order valence-electron chi connectivity index (χ1n) is 12.2. The van der Waals surface area contributed by atoms with Crippen LogP contribution in [0, 0.1) is 13.8 Å². The van der Waals surface area contributed by atoms with Crippen LogP contribution in [0.2, 0.25) is 0 Å². The number of carbonyl (C=O) groups excluding carboxylic acids is 1. The molecule has 2 aliphatic heterocycles. The Morgan fingerprint density at radius 1 is 0.971 bits per heavy atom. The third kappa shape index (κ3) is 5.24. The van der Waals surface area contributed by atoms with Gasteiger partial charge in [-0.3, -0.25) is 19.5 Å². The number of piperazine rings is 2. The summed E-state index contributed by atoms with van der Waals surface area (Å²) in [5, 5.41) is 0. The van der Waals surface area contributed by atoms with Gasteiger partial charge in [0.1, 0.15) is 0 Å². The fraction of sp³-hybridized carbons (Fsp3) is 0.423. The predicted molar refractivity (Wildman–Crippen MR) is 135 cm³/mol. The van der Waals surface area contributed by atoms with Crippen molar-refractivity contribution in [3.05, 3.63) is 75.6 Å². The minimum absolute atomic E-state index is 0.107. The first-order valence-corrected chi connectivity index (χ1v) is 12.2. The van der Waals surface area contributed by atoms with Crippen LogP contribution in [0.5, 0.6) is 0 Å². The number of anilines is 2. The fourth-order valence-corrected chi connectivity index (χ4v) is 4.84. The Labute approximate surface area is 205 Å². The van der Waals surface area contributed by atoms with Gasteiger partial charge in [-0.15, -0.1) is 0 Å².